The first-order chi connectivity index (χ1) is 8.81. The topological polar surface area (TPSA) is 72.2 Å². The Morgan fingerprint density at radius 3 is 2.47 bits per heavy atom. The normalized spacial score (nSPS) is 11.6. The van der Waals surface area contributed by atoms with E-state index in [0.29, 0.717) is 6.07 Å². The van der Waals surface area contributed by atoms with E-state index in [1.165, 1.54) is 13.8 Å². The molecule has 1 N–H and O–H groups in total. The van der Waals surface area contributed by atoms with Crippen molar-refractivity contribution in [3.63, 3.8) is 0 Å². The minimum Gasteiger partial charge on any atom is -0.360 e. The molecule has 0 bridgehead atoms. The third kappa shape index (κ3) is 2.58. The van der Waals surface area contributed by atoms with Gasteiger partial charge >= 0.3 is 0 Å². The van der Waals surface area contributed by atoms with E-state index < -0.39 is 21.7 Å². The van der Waals surface area contributed by atoms with E-state index >= 15 is 0 Å². The lowest BCUT2D eigenvalue weighted by atomic mass is 10.3. The molecular weight excluding hydrogens is 278 g/mol. The highest BCUT2D eigenvalue weighted by molar-refractivity contribution is 7.92. The molecule has 0 radical (unpaired) electrons. The lowest BCUT2D eigenvalue weighted by molar-refractivity contribution is 0.390. The van der Waals surface area contributed by atoms with Gasteiger partial charge in [0.25, 0.3) is 10.0 Å². The van der Waals surface area contributed by atoms with Gasteiger partial charge in [0, 0.05) is 6.07 Å². The van der Waals surface area contributed by atoms with Crippen LogP contribution >= 0.6 is 0 Å². The highest BCUT2D eigenvalue weighted by atomic mass is 32.2. The molecule has 0 aliphatic rings. The van der Waals surface area contributed by atoms with Crippen LogP contribution in [0.4, 0.5) is 14.5 Å². The number of benzene rings is 1. The van der Waals surface area contributed by atoms with Crippen LogP contribution in [-0.2, 0) is 10.0 Å². The van der Waals surface area contributed by atoms with Crippen molar-refractivity contribution in [1.82, 2.24) is 5.16 Å². The van der Waals surface area contributed by atoms with E-state index in [1.807, 2.05) is 4.72 Å². The largest absolute Gasteiger partial charge is 0.360 e. The molecule has 0 atom stereocenters. The molecule has 0 amide bonds. The summed E-state index contributed by atoms with van der Waals surface area (Å²) in [4.78, 5) is -0.156. The summed E-state index contributed by atoms with van der Waals surface area (Å²) in [6.45, 7) is 2.88. The summed E-state index contributed by atoms with van der Waals surface area (Å²) in [5, 5.41) is 3.51. The molecule has 1 heterocycles. The lowest BCUT2D eigenvalue weighted by Gasteiger charge is -2.08. The molecule has 102 valence electrons. The second-order valence-electron chi connectivity index (χ2n) is 3.88. The smallest absolute Gasteiger partial charge is 0.267 e. The maximum absolute atomic E-state index is 13.4. The Bertz CT molecular complexity index is 706. The molecule has 0 saturated carbocycles. The van der Waals surface area contributed by atoms with Gasteiger partial charge in [-0.25, -0.2) is 17.2 Å². The first-order valence-electron chi connectivity index (χ1n) is 5.22. The number of hydrogen-bond acceptors (Lipinski definition) is 4. The minimum atomic E-state index is -4.04. The molecule has 0 spiro atoms. The molecule has 0 saturated heterocycles. The second-order valence-corrected chi connectivity index (χ2v) is 5.50. The first kappa shape index (κ1) is 13.5. The highest BCUT2D eigenvalue weighted by Crippen LogP contribution is 2.24. The fourth-order valence-corrected chi connectivity index (χ4v) is 3.03. The molecule has 0 aliphatic carbocycles. The number of hydrogen-bond donors (Lipinski definition) is 1. The van der Waals surface area contributed by atoms with E-state index in [-0.39, 0.29) is 22.0 Å². The summed E-state index contributed by atoms with van der Waals surface area (Å²) in [5.41, 5.74) is -0.186. The Balaban J connectivity index is 2.42. The van der Waals surface area contributed by atoms with Crippen LogP contribution in [0, 0.1) is 25.5 Å². The van der Waals surface area contributed by atoms with Gasteiger partial charge in [-0.15, -0.1) is 0 Å². The highest BCUT2D eigenvalue weighted by Gasteiger charge is 2.25. The molecule has 0 unspecified atom stereocenters. The number of nitrogens with zero attached hydrogens (tertiary/aromatic N) is 1. The summed E-state index contributed by atoms with van der Waals surface area (Å²) < 4.78 is 57.1. The molecular formula is C11H10F2N2O3S. The summed E-state index contributed by atoms with van der Waals surface area (Å²) in [5.74, 6) is -1.71. The molecule has 0 fully saturated rings. The Hall–Kier alpha value is -1.96. The number of anilines is 1. The monoisotopic (exact) mass is 288 g/mol. The van der Waals surface area contributed by atoms with Crippen LogP contribution in [-0.4, -0.2) is 13.6 Å². The molecule has 8 heteroatoms. The predicted molar refractivity (Wildman–Crippen MR) is 63.1 cm³/mol. The molecule has 1 aromatic heterocycles. The molecule has 1 aromatic carbocycles. The number of sulfonamides is 1. The fourth-order valence-electron chi connectivity index (χ4n) is 1.63. The number of rotatable bonds is 3. The maximum atomic E-state index is 13.4. The number of aryl methyl sites for hydroxylation is 2. The van der Waals surface area contributed by atoms with Crippen LogP contribution in [0.25, 0.3) is 0 Å². The average molecular weight is 288 g/mol. The van der Waals surface area contributed by atoms with Gasteiger partial charge in [0.15, 0.2) is 10.7 Å². The van der Waals surface area contributed by atoms with Crippen LogP contribution in [0.5, 0.6) is 0 Å². The lowest BCUT2D eigenvalue weighted by Crippen LogP contribution is -2.15. The quantitative estimate of drug-likeness (QED) is 0.941. The number of nitrogens with one attached hydrogen (secondary N) is 1. The van der Waals surface area contributed by atoms with Crippen LogP contribution in [0.15, 0.2) is 27.6 Å². The van der Waals surface area contributed by atoms with E-state index in [0.717, 1.165) is 12.1 Å². The minimum absolute atomic E-state index is 0.0903. The van der Waals surface area contributed by atoms with Crippen molar-refractivity contribution in [2.24, 2.45) is 0 Å². The van der Waals surface area contributed by atoms with Gasteiger partial charge in [-0.05, 0) is 26.0 Å². The van der Waals surface area contributed by atoms with Crippen molar-refractivity contribution in [2.45, 2.75) is 18.7 Å². The zero-order valence-corrected chi connectivity index (χ0v) is 10.9. The van der Waals surface area contributed by atoms with Crippen molar-refractivity contribution in [3.8, 4) is 0 Å². The van der Waals surface area contributed by atoms with E-state index in [1.54, 1.807) is 0 Å². The summed E-state index contributed by atoms with van der Waals surface area (Å²) in [6.07, 6.45) is 0. The molecule has 2 rings (SSSR count). The molecule has 19 heavy (non-hydrogen) atoms. The van der Waals surface area contributed by atoms with Crippen LogP contribution in [0.3, 0.4) is 0 Å². The Kier molecular flexibility index (Phi) is 3.27. The van der Waals surface area contributed by atoms with Crippen LogP contribution < -0.4 is 4.72 Å². The van der Waals surface area contributed by atoms with E-state index in [2.05, 4.69) is 5.16 Å². The van der Waals surface area contributed by atoms with Gasteiger partial charge < -0.3 is 4.52 Å². The third-order valence-electron chi connectivity index (χ3n) is 2.41. The summed E-state index contributed by atoms with van der Waals surface area (Å²) in [7, 11) is -4.04. The third-order valence-corrected chi connectivity index (χ3v) is 4.02. The second kappa shape index (κ2) is 4.61. The zero-order chi connectivity index (χ0) is 14.2. The predicted octanol–water partition coefficient (Wildman–Crippen LogP) is 2.37. The number of aromatic nitrogens is 1. The van der Waals surface area contributed by atoms with Gasteiger partial charge in [-0.2, -0.15) is 0 Å². The van der Waals surface area contributed by atoms with Crippen LogP contribution in [0.2, 0.25) is 0 Å². The van der Waals surface area contributed by atoms with Gasteiger partial charge in [0.2, 0.25) is 0 Å². The Morgan fingerprint density at radius 2 is 1.95 bits per heavy atom. The van der Waals surface area contributed by atoms with Gasteiger partial charge in [-0.3, -0.25) is 4.72 Å². The zero-order valence-electron chi connectivity index (χ0n) is 10.1. The standard InChI is InChI=1S/C11H10F2N2O3S/c1-6-11(7(2)18-14-6)19(16,17)15-10-4-3-8(12)5-9(10)13/h3-5,15H,1-2H3. The summed E-state index contributed by atoms with van der Waals surface area (Å²) >= 11 is 0. The van der Waals surface area contributed by atoms with Crippen molar-refractivity contribution in [1.29, 1.82) is 0 Å². The summed E-state index contributed by atoms with van der Waals surface area (Å²) in [6, 6.07) is 2.54. The average Bonchev–Trinajstić information content (AvgIpc) is 2.63. The fraction of sp³-hybridized carbons (Fsp3) is 0.182. The molecule has 0 aliphatic heterocycles. The van der Waals surface area contributed by atoms with Gasteiger partial charge in [0.1, 0.15) is 17.3 Å². The van der Waals surface area contributed by atoms with Gasteiger partial charge in [-0.1, -0.05) is 5.16 Å². The maximum Gasteiger partial charge on any atom is 0.267 e. The van der Waals surface area contributed by atoms with Gasteiger partial charge in [0.05, 0.1) is 5.69 Å². The van der Waals surface area contributed by atoms with Crippen molar-refractivity contribution < 1.29 is 21.7 Å². The molecule has 2 aromatic rings. The SMILES string of the molecule is Cc1noc(C)c1S(=O)(=O)Nc1ccc(F)cc1F. The van der Waals surface area contributed by atoms with Crippen molar-refractivity contribution in [3.05, 3.63) is 41.3 Å². The van der Waals surface area contributed by atoms with Crippen molar-refractivity contribution in [2.75, 3.05) is 4.72 Å². The van der Waals surface area contributed by atoms with Crippen molar-refractivity contribution >= 4 is 15.7 Å². The van der Waals surface area contributed by atoms with Crippen LogP contribution in [0.1, 0.15) is 11.5 Å². The molecule has 5 nitrogen and oxygen atoms in total. The van der Waals surface area contributed by atoms with E-state index in [4.69, 9.17) is 4.52 Å². The Labute approximate surface area is 108 Å². The first-order valence-corrected chi connectivity index (χ1v) is 6.70. The Morgan fingerprint density at radius 1 is 1.26 bits per heavy atom. The van der Waals surface area contributed by atoms with E-state index in [9.17, 15) is 17.2 Å². The number of halogens is 2.